The molecular weight excluding hydrogens is 408 g/mol. The molecule has 3 aromatic carbocycles. The lowest BCUT2D eigenvalue weighted by molar-refractivity contribution is 0.251. The normalized spacial score (nSPS) is 11.2. The van der Waals surface area contributed by atoms with Crippen LogP contribution >= 0.6 is 0 Å². The molecule has 0 aliphatic heterocycles. The Morgan fingerprint density at radius 1 is 0.788 bits per heavy atom. The number of rotatable bonds is 9. The van der Waals surface area contributed by atoms with Crippen LogP contribution in [0.2, 0.25) is 0 Å². The quantitative estimate of drug-likeness (QED) is 0.288. The molecule has 1 aromatic heterocycles. The van der Waals surface area contributed by atoms with E-state index >= 15 is 0 Å². The van der Waals surface area contributed by atoms with Gasteiger partial charge in [0.15, 0.2) is 5.76 Å². The first-order valence-corrected chi connectivity index (χ1v) is 11.6. The van der Waals surface area contributed by atoms with Crippen molar-refractivity contribution in [3.63, 3.8) is 0 Å². The summed E-state index contributed by atoms with van der Waals surface area (Å²) in [5, 5.41) is 4.50. The van der Waals surface area contributed by atoms with Crippen molar-refractivity contribution in [2.45, 2.75) is 33.7 Å². The maximum absolute atomic E-state index is 5.90. The van der Waals surface area contributed by atoms with E-state index in [1.807, 2.05) is 12.1 Å². The number of benzene rings is 3. The minimum absolute atomic E-state index is 0.769. The van der Waals surface area contributed by atoms with Crippen molar-refractivity contribution in [2.75, 3.05) is 20.2 Å². The Bertz CT molecular complexity index is 1160. The Morgan fingerprint density at radius 2 is 1.36 bits per heavy atom. The van der Waals surface area contributed by atoms with Crippen LogP contribution in [0.1, 0.15) is 36.3 Å². The van der Waals surface area contributed by atoms with Gasteiger partial charge < -0.3 is 9.26 Å². The first-order chi connectivity index (χ1) is 16.1. The van der Waals surface area contributed by atoms with Gasteiger partial charge in [-0.25, -0.2) is 0 Å². The van der Waals surface area contributed by atoms with Crippen molar-refractivity contribution in [2.24, 2.45) is 0 Å². The Morgan fingerprint density at radius 3 is 1.94 bits per heavy atom. The number of methoxy groups -OCH3 is 1. The third-order valence-electron chi connectivity index (χ3n) is 6.21. The molecule has 4 heteroatoms. The van der Waals surface area contributed by atoms with Gasteiger partial charge in [-0.1, -0.05) is 85.2 Å². The van der Waals surface area contributed by atoms with E-state index in [0.717, 1.165) is 48.8 Å². The third-order valence-corrected chi connectivity index (χ3v) is 6.21. The molecular formula is C29H32N2O2. The Hall–Kier alpha value is -3.37. The molecule has 0 fully saturated rings. The molecule has 170 valence electrons. The molecule has 0 spiro atoms. The van der Waals surface area contributed by atoms with Crippen molar-refractivity contribution in [3.8, 4) is 28.1 Å². The molecule has 4 aromatic rings. The lowest BCUT2D eigenvalue weighted by atomic mass is 9.96. The van der Waals surface area contributed by atoms with E-state index in [9.17, 15) is 0 Å². The molecule has 33 heavy (non-hydrogen) atoms. The summed E-state index contributed by atoms with van der Waals surface area (Å²) in [6.45, 7) is 9.19. The maximum Gasteiger partial charge on any atom is 0.154 e. The maximum atomic E-state index is 5.90. The predicted molar refractivity (Wildman–Crippen MR) is 135 cm³/mol. The highest BCUT2D eigenvalue weighted by Crippen LogP contribution is 2.30. The fourth-order valence-corrected chi connectivity index (χ4v) is 4.04. The Kier molecular flexibility index (Phi) is 7.26. The highest BCUT2D eigenvalue weighted by Gasteiger charge is 2.19. The molecule has 0 unspecified atom stereocenters. The molecule has 0 aliphatic carbocycles. The second-order valence-electron chi connectivity index (χ2n) is 8.36. The SMILES string of the molecule is CCN(CC)Cc1onc(-c2ccc(C)cc2)c1Cc1ccc(-c2ccc(OC)cc2)cc1. The molecule has 0 saturated carbocycles. The van der Waals surface area contributed by atoms with Crippen molar-refractivity contribution in [3.05, 3.63) is 95.2 Å². The number of hydrogen-bond donors (Lipinski definition) is 0. The zero-order chi connectivity index (χ0) is 23.2. The van der Waals surface area contributed by atoms with E-state index in [2.05, 4.69) is 91.5 Å². The number of aryl methyl sites for hydroxylation is 1. The van der Waals surface area contributed by atoms with Crippen molar-refractivity contribution in [1.29, 1.82) is 0 Å². The van der Waals surface area contributed by atoms with E-state index in [0.29, 0.717) is 0 Å². The van der Waals surface area contributed by atoms with Gasteiger partial charge in [-0.2, -0.15) is 0 Å². The molecule has 4 nitrogen and oxygen atoms in total. The first-order valence-electron chi connectivity index (χ1n) is 11.6. The predicted octanol–water partition coefficient (Wildman–Crippen LogP) is 6.76. The summed E-state index contributed by atoms with van der Waals surface area (Å²) < 4.78 is 11.2. The fourth-order valence-electron chi connectivity index (χ4n) is 4.04. The third kappa shape index (κ3) is 5.35. The molecule has 0 N–H and O–H groups in total. The Labute approximate surface area is 196 Å². The van der Waals surface area contributed by atoms with Crippen LogP contribution in [0, 0.1) is 6.92 Å². The molecule has 0 bridgehead atoms. The van der Waals surface area contributed by atoms with Gasteiger partial charge in [-0.15, -0.1) is 0 Å². The Balaban J connectivity index is 1.63. The van der Waals surface area contributed by atoms with Gasteiger partial charge in [0.05, 0.1) is 13.7 Å². The molecule has 4 rings (SSSR count). The van der Waals surface area contributed by atoms with Crippen LogP contribution in [0.4, 0.5) is 0 Å². The van der Waals surface area contributed by atoms with Gasteiger partial charge in [0.1, 0.15) is 11.4 Å². The van der Waals surface area contributed by atoms with Gasteiger partial charge in [0, 0.05) is 17.5 Å². The zero-order valence-corrected chi connectivity index (χ0v) is 20.0. The summed E-state index contributed by atoms with van der Waals surface area (Å²) in [6.07, 6.45) is 0.784. The summed E-state index contributed by atoms with van der Waals surface area (Å²) >= 11 is 0. The van der Waals surface area contributed by atoms with E-state index in [-0.39, 0.29) is 0 Å². The number of hydrogen-bond acceptors (Lipinski definition) is 4. The van der Waals surface area contributed by atoms with Gasteiger partial charge in [0.2, 0.25) is 0 Å². The minimum atomic E-state index is 0.769. The van der Waals surface area contributed by atoms with Gasteiger partial charge in [0.25, 0.3) is 0 Å². The first kappa shape index (κ1) is 22.8. The standard InChI is InChI=1S/C29H32N2O2/c1-5-31(6-2)20-28-27(29(30-33-28)25-11-7-21(3)8-12-25)19-22-9-13-23(14-10-22)24-15-17-26(32-4)18-16-24/h7-18H,5-6,19-20H2,1-4H3. The van der Waals surface area contributed by atoms with Crippen molar-refractivity contribution in [1.82, 2.24) is 10.1 Å². The van der Waals surface area contributed by atoms with Gasteiger partial charge in [-0.3, -0.25) is 4.90 Å². The van der Waals surface area contributed by atoms with E-state index < -0.39 is 0 Å². The van der Waals surface area contributed by atoms with E-state index in [1.165, 1.54) is 27.8 Å². The molecule has 0 amide bonds. The van der Waals surface area contributed by atoms with Crippen LogP contribution in [-0.4, -0.2) is 30.3 Å². The van der Waals surface area contributed by atoms with Crippen LogP contribution in [-0.2, 0) is 13.0 Å². The summed E-state index contributed by atoms with van der Waals surface area (Å²) in [7, 11) is 1.69. The van der Waals surface area contributed by atoms with Crippen molar-refractivity contribution < 1.29 is 9.26 Å². The van der Waals surface area contributed by atoms with Crippen molar-refractivity contribution >= 4 is 0 Å². The van der Waals surface area contributed by atoms with Gasteiger partial charge in [-0.05, 0) is 48.8 Å². The summed E-state index contributed by atoms with van der Waals surface area (Å²) in [6, 6.07) is 25.4. The highest BCUT2D eigenvalue weighted by atomic mass is 16.5. The van der Waals surface area contributed by atoms with Crippen LogP contribution in [0.15, 0.2) is 77.3 Å². The topological polar surface area (TPSA) is 38.5 Å². The van der Waals surface area contributed by atoms with Crippen LogP contribution in [0.25, 0.3) is 22.4 Å². The molecule has 0 atom stereocenters. The summed E-state index contributed by atoms with van der Waals surface area (Å²) in [5.41, 5.74) is 8.05. The fraction of sp³-hybridized carbons (Fsp3) is 0.276. The van der Waals surface area contributed by atoms with Gasteiger partial charge >= 0.3 is 0 Å². The highest BCUT2D eigenvalue weighted by molar-refractivity contribution is 5.66. The van der Waals surface area contributed by atoms with E-state index in [4.69, 9.17) is 9.26 Å². The molecule has 1 heterocycles. The molecule has 0 saturated heterocycles. The molecule has 0 radical (unpaired) electrons. The zero-order valence-electron chi connectivity index (χ0n) is 20.0. The summed E-state index contributed by atoms with van der Waals surface area (Å²) in [5.74, 6) is 1.82. The average Bonchev–Trinajstić information content (AvgIpc) is 3.25. The lowest BCUT2D eigenvalue weighted by Crippen LogP contribution is -2.22. The van der Waals surface area contributed by atoms with Crippen LogP contribution < -0.4 is 4.74 Å². The molecule has 0 aliphatic rings. The smallest absolute Gasteiger partial charge is 0.154 e. The number of ether oxygens (including phenoxy) is 1. The monoisotopic (exact) mass is 440 g/mol. The van der Waals surface area contributed by atoms with Crippen LogP contribution in [0.5, 0.6) is 5.75 Å². The average molecular weight is 441 g/mol. The number of nitrogens with zero attached hydrogens (tertiary/aromatic N) is 2. The lowest BCUT2D eigenvalue weighted by Gasteiger charge is -2.16. The second-order valence-corrected chi connectivity index (χ2v) is 8.36. The second kappa shape index (κ2) is 10.5. The van der Waals surface area contributed by atoms with Crippen LogP contribution in [0.3, 0.4) is 0 Å². The minimum Gasteiger partial charge on any atom is -0.497 e. The largest absolute Gasteiger partial charge is 0.497 e. The number of aromatic nitrogens is 1. The summed E-state index contributed by atoms with van der Waals surface area (Å²) in [4.78, 5) is 2.36. The van der Waals surface area contributed by atoms with E-state index in [1.54, 1.807) is 7.11 Å².